The summed E-state index contributed by atoms with van der Waals surface area (Å²) < 4.78 is 44.7. The van der Waals surface area contributed by atoms with Crippen LogP contribution in [0.25, 0.3) is 0 Å². The number of aldehydes is 1. The summed E-state index contributed by atoms with van der Waals surface area (Å²) in [5, 5.41) is 0. The molecule has 1 atom stereocenters. The highest BCUT2D eigenvalue weighted by Gasteiger charge is 2.35. The second-order valence-corrected chi connectivity index (χ2v) is 4.84. The lowest BCUT2D eigenvalue weighted by molar-refractivity contribution is -0.137. The lowest BCUT2D eigenvalue weighted by Gasteiger charge is -2.32. The van der Waals surface area contributed by atoms with Crippen LogP contribution in [-0.4, -0.2) is 32.6 Å². The molecule has 0 aliphatic carbocycles. The molecule has 0 saturated carbocycles. The van der Waals surface area contributed by atoms with Crippen LogP contribution in [0.1, 0.15) is 36.2 Å². The fraction of sp³-hybridized carbons (Fsp3) is 0.533. The zero-order valence-corrected chi connectivity index (χ0v) is 12.4. The molecular weight excluding hydrogens is 283 g/mol. The molecule has 21 heavy (non-hydrogen) atoms. The van der Waals surface area contributed by atoms with E-state index < -0.39 is 11.7 Å². The number of methoxy groups -OCH3 is 1. The Bertz CT molecular complexity index is 474. The van der Waals surface area contributed by atoms with Gasteiger partial charge in [0.2, 0.25) is 0 Å². The van der Waals surface area contributed by atoms with Gasteiger partial charge in [0.25, 0.3) is 0 Å². The average Bonchev–Trinajstić information content (AvgIpc) is 2.46. The molecule has 0 heterocycles. The maximum atomic E-state index is 13.2. The zero-order valence-electron chi connectivity index (χ0n) is 12.4. The van der Waals surface area contributed by atoms with Crippen molar-refractivity contribution in [3.63, 3.8) is 0 Å². The third-order valence-corrected chi connectivity index (χ3v) is 3.43. The van der Waals surface area contributed by atoms with Gasteiger partial charge < -0.3 is 9.64 Å². The molecule has 0 aliphatic heterocycles. The van der Waals surface area contributed by atoms with Crippen LogP contribution < -0.4 is 4.90 Å². The van der Waals surface area contributed by atoms with Crippen molar-refractivity contribution in [2.24, 2.45) is 0 Å². The van der Waals surface area contributed by atoms with Crippen LogP contribution in [0.5, 0.6) is 0 Å². The SMILES string of the molecule is CCC(C)N(CCOC)c1ccc(C=O)cc1C(F)(F)F. The van der Waals surface area contributed by atoms with Crippen LogP contribution >= 0.6 is 0 Å². The van der Waals surface area contributed by atoms with Crippen LogP contribution in [0.2, 0.25) is 0 Å². The fourth-order valence-electron chi connectivity index (χ4n) is 2.09. The maximum absolute atomic E-state index is 13.2. The summed E-state index contributed by atoms with van der Waals surface area (Å²) in [5.41, 5.74) is -0.690. The van der Waals surface area contributed by atoms with Crippen molar-refractivity contribution in [1.82, 2.24) is 0 Å². The van der Waals surface area contributed by atoms with Crippen molar-refractivity contribution in [2.45, 2.75) is 32.5 Å². The van der Waals surface area contributed by atoms with Gasteiger partial charge in [-0.3, -0.25) is 4.79 Å². The average molecular weight is 303 g/mol. The molecule has 1 rings (SSSR count). The smallest absolute Gasteiger partial charge is 0.383 e. The molecule has 0 fully saturated rings. The van der Waals surface area contributed by atoms with Crippen LogP contribution in [0.4, 0.5) is 18.9 Å². The molecule has 3 nitrogen and oxygen atoms in total. The van der Waals surface area contributed by atoms with E-state index in [4.69, 9.17) is 4.74 Å². The number of rotatable bonds is 7. The van der Waals surface area contributed by atoms with Gasteiger partial charge in [0.05, 0.1) is 12.2 Å². The molecule has 0 bridgehead atoms. The number of hydrogen-bond donors (Lipinski definition) is 0. The molecule has 0 spiro atoms. The number of nitrogens with zero attached hydrogens (tertiary/aromatic N) is 1. The zero-order chi connectivity index (χ0) is 16.0. The second-order valence-electron chi connectivity index (χ2n) is 4.84. The Hall–Kier alpha value is -1.56. The number of alkyl halides is 3. The Morgan fingerprint density at radius 3 is 2.52 bits per heavy atom. The van der Waals surface area contributed by atoms with Crippen molar-refractivity contribution in [2.75, 3.05) is 25.2 Å². The Kier molecular flexibility index (Phi) is 6.20. The van der Waals surface area contributed by atoms with E-state index >= 15 is 0 Å². The van der Waals surface area contributed by atoms with Crippen molar-refractivity contribution in [3.05, 3.63) is 29.3 Å². The van der Waals surface area contributed by atoms with Crippen LogP contribution in [-0.2, 0) is 10.9 Å². The van der Waals surface area contributed by atoms with E-state index in [1.54, 1.807) is 4.90 Å². The number of carbonyl (C=O) groups is 1. The predicted octanol–water partition coefficient (Wildman–Crippen LogP) is 3.77. The van der Waals surface area contributed by atoms with E-state index in [0.29, 0.717) is 25.9 Å². The minimum Gasteiger partial charge on any atom is -0.383 e. The minimum atomic E-state index is -4.51. The number of halogens is 3. The fourth-order valence-corrected chi connectivity index (χ4v) is 2.09. The van der Waals surface area contributed by atoms with Gasteiger partial charge in [-0.2, -0.15) is 13.2 Å². The van der Waals surface area contributed by atoms with Gasteiger partial charge in [0.15, 0.2) is 0 Å². The third kappa shape index (κ3) is 4.46. The number of anilines is 1. The van der Waals surface area contributed by atoms with Crippen LogP contribution in [0.3, 0.4) is 0 Å². The summed E-state index contributed by atoms with van der Waals surface area (Å²) in [5.74, 6) is 0. The van der Waals surface area contributed by atoms with E-state index in [2.05, 4.69) is 0 Å². The highest BCUT2D eigenvalue weighted by Crippen LogP contribution is 2.38. The lowest BCUT2D eigenvalue weighted by Crippen LogP contribution is -2.36. The van der Waals surface area contributed by atoms with Gasteiger partial charge >= 0.3 is 6.18 Å². The standard InChI is InChI=1S/C15H20F3NO2/c1-4-11(2)19(7-8-21-3)14-6-5-12(10-20)9-13(14)15(16,17)18/h5-6,9-11H,4,7-8H2,1-3H3. The largest absolute Gasteiger partial charge is 0.418 e. The molecule has 0 aliphatic rings. The van der Waals surface area contributed by atoms with Crippen molar-refractivity contribution < 1.29 is 22.7 Å². The van der Waals surface area contributed by atoms with Gasteiger partial charge in [-0.15, -0.1) is 0 Å². The minimum absolute atomic E-state index is 0.0157. The summed E-state index contributed by atoms with van der Waals surface area (Å²) in [6.45, 7) is 4.47. The van der Waals surface area contributed by atoms with E-state index in [1.807, 2.05) is 13.8 Å². The molecule has 0 saturated heterocycles. The number of benzene rings is 1. The van der Waals surface area contributed by atoms with Crippen molar-refractivity contribution in [3.8, 4) is 0 Å². The highest BCUT2D eigenvalue weighted by atomic mass is 19.4. The number of ether oxygens (including phenoxy) is 1. The Morgan fingerprint density at radius 1 is 1.38 bits per heavy atom. The predicted molar refractivity (Wildman–Crippen MR) is 75.8 cm³/mol. The quantitative estimate of drug-likeness (QED) is 0.718. The summed E-state index contributed by atoms with van der Waals surface area (Å²) in [4.78, 5) is 12.4. The summed E-state index contributed by atoms with van der Waals surface area (Å²) in [6, 6.07) is 3.59. The van der Waals surface area contributed by atoms with Gasteiger partial charge in [-0.25, -0.2) is 0 Å². The Morgan fingerprint density at radius 2 is 2.05 bits per heavy atom. The van der Waals surface area contributed by atoms with Gasteiger partial charge in [-0.1, -0.05) is 6.92 Å². The summed E-state index contributed by atoms with van der Waals surface area (Å²) in [7, 11) is 1.51. The van der Waals surface area contributed by atoms with Crippen LogP contribution in [0.15, 0.2) is 18.2 Å². The Balaban J connectivity index is 3.31. The third-order valence-electron chi connectivity index (χ3n) is 3.43. The molecule has 6 heteroatoms. The van der Waals surface area contributed by atoms with Crippen molar-refractivity contribution >= 4 is 12.0 Å². The van der Waals surface area contributed by atoms with E-state index in [-0.39, 0.29) is 17.3 Å². The van der Waals surface area contributed by atoms with E-state index in [9.17, 15) is 18.0 Å². The molecule has 1 unspecified atom stereocenters. The molecule has 0 N–H and O–H groups in total. The van der Waals surface area contributed by atoms with E-state index in [0.717, 1.165) is 6.07 Å². The van der Waals surface area contributed by atoms with Gasteiger partial charge in [0.1, 0.15) is 6.29 Å². The first kappa shape index (κ1) is 17.5. The first-order chi connectivity index (χ1) is 9.85. The van der Waals surface area contributed by atoms with Gasteiger partial charge in [0, 0.05) is 30.9 Å². The molecule has 0 radical (unpaired) electrons. The molecule has 118 valence electrons. The molecule has 1 aromatic carbocycles. The Labute approximate surface area is 122 Å². The van der Waals surface area contributed by atoms with Gasteiger partial charge in [-0.05, 0) is 31.5 Å². The number of carbonyl (C=O) groups excluding carboxylic acids is 1. The summed E-state index contributed by atoms with van der Waals surface area (Å²) >= 11 is 0. The monoisotopic (exact) mass is 303 g/mol. The van der Waals surface area contributed by atoms with E-state index in [1.165, 1.54) is 19.2 Å². The number of hydrogen-bond acceptors (Lipinski definition) is 3. The highest BCUT2D eigenvalue weighted by molar-refractivity contribution is 5.77. The van der Waals surface area contributed by atoms with Crippen LogP contribution in [0, 0.1) is 0 Å². The first-order valence-corrected chi connectivity index (χ1v) is 6.77. The molecular formula is C15H20F3NO2. The molecule has 0 amide bonds. The summed E-state index contributed by atoms with van der Waals surface area (Å²) in [6.07, 6.45) is -3.38. The molecule has 1 aromatic rings. The topological polar surface area (TPSA) is 29.5 Å². The normalized spacial score (nSPS) is 13.0. The second kappa shape index (κ2) is 7.45. The first-order valence-electron chi connectivity index (χ1n) is 6.77. The van der Waals surface area contributed by atoms with Crippen molar-refractivity contribution in [1.29, 1.82) is 0 Å². The lowest BCUT2D eigenvalue weighted by atomic mass is 10.1. The molecule has 0 aromatic heterocycles. The maximum Gasteiger partial charge on any atom is 0.418 e.